The topological polar surface area (TPSA) is 96.5 Å². The largest absolute Gasteiger partial charge is 0.325 e. The summed E-state index contributed by atoms with van der Waals surface area (Å²) in [6.07, 6.45) is 3.02. The van der Waals surface area contributed by atoms with Gasteiger partial charge in [-0.15, -0.1) is 0 Å². The van der Waals surface area contributed by atoms with Crippen molar-refractivity contribution in [2.75, 3.05) is 5.32 Å². The first-order valence-corrected chi connectivity index (χ1v) is 10.3. The van der Waals surface area contributed by atoms with Crippen LogP contribution in [-0.2, 0) is 4.79 Å². The molecule has 154 valence electrons. The van der Waals surface area contributed by atoms with Crippen molar-refractivity contribution in [3.05, 3.63) is 71.4 Å². The molecule has 1 unspecified atom stereocenters. The lowest BCUT2D eigenvalue weighted by molar-refractivity contribution is -0.115. The number of nitrogens with zero attached hydrogens (tertiary/aromatic N) is 5. The van der Waals surface area contributed by atoms with Gasteiger partial charge in [-0.05, 0) is 49.4 Å². The molecule has 0 aliphatic rings. The Hall–Kier alpha value is -3.48. The molecule has 0 fully saturated rings. The van der Waals surface area contributed by atoms with Gasteiger partial charge in [-0.3, -0.25) is 4.79 Å². The summed E-state index contributed by atoms with van der Waals surface area (Å²) in [4.78, 5) is 21.2. The number of hydrogen-bond donors (Lipinski definition) is 1. The van der Waals surface area contributed by atoms with E-state index in [9.17, 15) is 9.18 Å². The Labute approximate surface area is 185 Å². The van der Waals surface area contributed by atoms with Crippen LogP contribution >= 0.6 is 23.4 Å². The monoisotopic (exact) mass is 452 g/mol. The molecule has 0 aliphatic heterocycles. The zero-order chi connectivity index (χ0) is 22.0. The van der Waals surface area contributed by atoms with Crippen molar-refractivity contribution in [2.24, 2.45) is 0 Å². The van der Waals surface area contributed by atoms with Crippen molar-refractivity contribution in [2.45, 2.75) is 17.2 Å². The average molecular weight is 453 g/mol. The van der Waals surface area contributed by atoms with E-state index in [1.165, 1.54) is 36.3 Å². The van der Waals surface area contributed by atoms with Crippen molar-refractivity contribution < 1.29 is 9.18 Å². The number of rotatable bonds is 5. The van der Waals surface area contributed by atoms with Gasteiger partial charge >= 0.3 is 0 Å². The molecule has 1 atom stereocenters. The van der Waals surface area contributed by atoms with Crippen LogP contribution in [0.15, 0.2) is 60.0 Å². The number of nitriles is 1. The third-order valence-electron chi connectivity index (χ3n) is 4.42. The minimum absolute atomic E-state index is 0.247. The molecule has 0 radical (unpaired) electrons. The maximum absolute atomic E-state index is 13.2. The Morgan fingerprint density at radius 2 is 2.03 bits per heavy atom. The summed E-state index contributed by atoms with van der Waals surface area (Å²) in [6, 6.07) is 12.6. The molecule has 4 aromatic rings. The summed E-state index contributed by atoms with van der Waals surface area (Å²) in [7, 11) is 0. The molecule has 1 amide bonds. The number of carbonyl (C=O) groups is 1. The average Bonchev–Trinajstić information content (AvgIpc) is 3.19. The smallest absolute Gasteiger partial charge is 0.237 e. The first-order chi connectivity index (χ1) is 15.0. The maximum atomic E-state index is 13.2. The molecular formula is C21H14ClFN6OS. The lowest BCUT2D eigenvalue weighted by Crippen LogP contribution is -2.22. The first kappa shape index (κ1) is 20.8. The molecule has 2 aromatic carbocycles. The Morgan fingerprint density at radius 3 is 2.74 bits per heavy atom. The number of amides is 1. The number of nitrogens with one attached hydrogen (secondary N) is 1. The minimum atomic E-state index is -0.485. The van der Waals surface area contributed by atoms with Crippen molar-refractivity contribution >= 4 is 46.0 Å². The molecule has 0 aliphatic carbocycles. The number of hydrogen-bond acceptors (Lipinski definition) is 6. The summed E-state index contributed by atoms with van der Waals surface area (Å²) < 4.78 is 14.8. The van der Waals surface area contributed by atoms with E-state index in [0.717, 1.165) is 0 Å². The number of halogens is 2. The van der Waals surface area contributed by atoms with Crippen LogP contribution in [0.1, 0.15) is 12.5 Å². The molecule has 1 N–H and O–H groups in total. The number of anilines is 1. The molecule has 0 spiro atoms. The van der Waals surface area contributed by atoms with E-state index in [-0.39, 0.29) is 16.7 Å². The number of fused-ring (bicyclic) bond motifs is 1. The number of aromatic nitrogens is 4. The molecule has 0 saturated heterocycles. The van der Waals surface area contributed by atoms with E-state index in [1.807, 2.05) is 6.07 Å². The minimum Gasteiger partial charge on any atom is -0.325 e. The fraction of sp³-hybridized carbons (Fsp3) is 0.0952. The Morgan fingerprint density at radius 1 is 1.26 bits per heavy atom. The Bertz CT molecular complexity index is 1320. The van der Waals surface area contributed by atoms with Crippen molar-refractivity contribution in [3.63, 3.8) is 0 Å². The lowest BCUT2D eigenvalue weighted by Gasteiger charge is -2.12. The third kappa shape index (κ3) is 4.35. The number of thioether (sulfide) groups is 1. The normalized spacial score (nSPS) is 11.8. The number of benzene rings is 2. The molecule has 0 saturated carbocycles. The van der Waals surface area contributed by atoms with E-state index in [0.29, 0.717) is 33.0 Å². The van der Waals surface area contributed by atoms with Crippen LogP contribution in [0.5, 0.6) is 0 Å². The van der Waals surface area contributed by atoms with Gasteiger partial charge in [-0.2, -0.15) is 10.4 Å². The lowest BCUT2D eigenvalue weighted by atomic mass is 10.2. The van der Waals surface area contributed by atoms with Crippen LogP contribution in [0.2, 0.25) is 5.02 Å². The van der Waals surface area contributed by atoms with E-state index in [2.05, 4.69) is 20.4 Å². The second-order valence-electron chi connectivity index (χ2n) is 6.50. The zero-order valence-corrected chi connectivity index (χ0v) is 17.7. The van der Waals surface area contributed by atoms with Gasteiger partial charge in [-0.25, -0.2) is 19.0 Å². The molecule has 2 aromatic heterocycles. The standard InChI is InChI=1S/C21H14ClFN6OS/c1-12(20(30)28-15-5-2-13(9-24)18(22)8-15)31-21-17-10-27-29(19(17)25-11-26-21)16-6-3-14(23)4-7-16/h2-8,10-12H,1H3,(H,28,30). The summed E-state index contributed by atoms with van der Waals surface area (Å²) in [5, 5.41) is 17.1. The maximum Gasteiger partial charge on any atom is 0.237 e. The zero-order valence-electron chi connectivity index (χ0n) is 16.1. The van der Waals surface area contributed by atoms with E-state index in [4.69, 9.17) is 16.9 Å². The van der Waals surface area contributed by atoms with E-state index < -0.39 is 5.25 Å². The van der Waals surface area contributed by atoms with Gasteiger partial charge < -0.3 is 5.32 Å². The van der Waals surface area contributed by atoms with E-state index >= 15 is 0 Å². The van der Waals surface area contributed by atoms with Gasteiger partial charge in [-0.1, -0.05) is 23.4 Å². The molecule has 0 bridgehead atoms. The van der Waals surface area contributed by atoms with Crippen LogP contribution in [0.3, 0.4) is 0 Å². The van der Waals surface area contributed by atoms with Gasteiger partial charge in [0.05, 0.1) is 33.1 Å². The van der Waals surface area contributed by atoms with Crippen molar-refractivity contribution in [1.82, 2.24) is 19.7 Å². The Balaban J connectivity index is 1.54. The molecule has 7 nitrogen and oxygen atoms in total. The van der Waals surface area contributed by atoms with Crippen LogP contribution < -0.4 is 5.32 Å². The quantitative estimate of drug-likeness (QED) is 0.351. The highest BCUT2D eigenvalue weighted by molar-refractivity contribution is 8.00. The summed E-state index contributed by atoms with van der Waals surface area (Å²) in [5.41, 5.74) is 2.05. The molecule has 31 heavy (non-hydrogen) atoms. The van der Waals surface area contributed by atoms with Crippen molar-refractivity contribution in [1.29, 1.82) is 5.26 Å². The molecule has 4 rings (SSSR count). The van der Waals surface area contributed by atoms with Crippen LogP contribution in [0.4, 0.5) is 10.1 Å². The predicted octanol–water partition coefficient (Wildman–Crippen LogP) is 4.60. The van der Waals surface area contributed by atoms with Crippen LogP contribution in [0.25, 0.3) is 16.7 Å². The van der Waals surface area contributed by atoms with Crippen LogP contribution in [0, 0.1) is 17.1 Å². The highest BCUT2D eigenvalue weighted by atomic mass is 35.5. The second-order valence-corrected chi connectivity index (χ2v) is 8.24. The molecule has 10 heteroatoms. The van der Waals surface area contributed by atoms with Gasteiger partial charge in [0.2, 0.25) is 5.91 Å². The second kappa shape index (κ2) is 8.71. The fourth-order valence-electron chi connectivity index (χ4n) is 2.84. The fourth-order valence-corrected chi connectivity index (χ4v) is 3.94. The highest BCUT2D eigenvalue weighted by Gasteiger charge is 2.19. The molecule has 2 heterocycles. The highest BCUT2D eigenvalue weighted by Crippen LogP contribution is 2.30. The third-order valence-corrected chi connectivity index (χ3v) is 5.84. The SMILES string of the molecule is CC(Sc1ncnc2c1cnn2-c1ccc(F)cc1)C(=O)Nc1ccc(C#N)c(Cl)c1. The Kier molecular flexibility index (Phi) is 5.84. The van der Waals surface area contributed by atoms with Gasteiger partial charge in [0, 0.05) is 5.69 Å². The van der Waals surface area contributed by atoms with Gasteiger partial charge in [0.15, 0.2) is 5.65 Å². The number of carbonyl (C=O) groups excluding carboxylic acids is 1. The predicted molar refractivity (Wildman–Crippen MR) is 117 cm³/mol. The van der Waals surface area contributed by atoms with Gasteiger partial charge in [0.1, 0.15) is 23.2 Å². The summed E-state index contributed by atoms with van der Waals surface area (Å²) in [5.74, 6) is -0.585. The summed E-state index contributed by atoms with van der Waals surface area (Å²) >= 11 is 7.28. The molecular weight excluding hydrogens is 439 g/mol. The van der Waals surface area contributed by atoms with Gasteiger partial charge in [0.25, 0.3) is 0 Å². The first-order valence-electron chi connectivity index (χ1n) is 9.08. The van der Waals surface area contributed by atoms with E-state index in [1.54, 1.807) is 42.1 Å². The van der Waals surface area contributed by atoms with Crippen molar-refractivity contribution in [3.8, 4) is 11.8 Å². The van der Waals surface area contributed by atoms with Crippen LogP contribution in [-0.4, -0.2) is 30.9 Å². The summed E-state index contributed by atoms with van der Waals surface area (Å²) in [6.45, 7) is 1.75.